The van der Waals surface area contributed by atoms with E-state index in [9.17, 15) is 18.5 Å². The molecule has 1 heterocycles. The molecule has 0 bridgehead atoms. The quantitative estimate of drug-likeness (QED) is 0.723. The minimum absolute atomic E-state index is 0.00946. The van der Waals surface area contributed by atoms with Gasteiger partial charge in [0.05, 0.1) is 38.0 Å². The van der Waals surface area contributed by atoms with Crippen LogP contribution in [0.3, 0.4) is 0 Å². The zero-order chi connectivity index (χ0) is 20.9. The summed E-state index contributed by atoms with van der Waals surface area (Å²) in [4.78, 5) is 15.5. The summed E-state index contributed by atoms with van der Waals surface area (Å²) >= 11 is 0. The summed E-state index contributed by atoms with van der Waals surface area (Å²) < 4.78 is 26.9. The molecule has 7 nitrogen and oxygen atoms in total. The van der Waals surface area contributed by atoms with E-state index in [0.717, 1.165) is 42.6 Å². The normalized spacial score (nSPS) is 20.7. The number of carbonyl (C=O) groups excluding carboxylic acids is 1. The monoisotopic (exact) mass is 419 g/mol. The third-order valence-corrected chi connectivity index (χ3v) is 8.17. The van der Waals surface area contributed by atoms with Crippen LogP contribution in [-0.4, -0.2) is 68.8 Å². The molecule has 1 aromatic carbocycles. The minimum Gasteiger partial charge on any atom is -0.325 e. The summed E-state index contributed by atoms with van der Waals surface area (Å²) in [7, 11) is -1.61. The number of rotatable bonds is 6. The number of amides is 1. The second-order valence-corrected chi connectivity index (χ2v) is 10.2. The van der Waals surface area contributed by atoms with E-state index in [2.05, 4.69) is 6.07 Å². The van der Waals surface area contributed by atoms with Crippen molar-refractivity contribution in [2.75, 3.05) is 39.8 Å². The number of quaternary nitrogens is 1. The van der Waals surface area contributed by atoms with Crippen molar-refractivity contribution in [3.05, 3.63) is 35.9 Å². The smallest absolute Gasteiger partial charge is 0.278 e. The van der Waals surface area contributed by atoms with Gasteiger partial charge in [-0.3, -0.25) is 4.79 Å². The van der Waals surface area contributed by atoms with Crippen molar-refractivity contribution in [1.29, 1.82) is 5.26 Å². The van der Waals surface area contributed by atoms with Gasteiger partial charge in [0, 0.05) is 7.05 Å². The fraction of sp³-hybridized carbons (Fsp3) is 0.619. The highest BCUT2D eigenvalue weighted by atomic mass is 32.2. The molecule has 2 fully saturated rings. The van der Waals surface area contributed by atoms with E-state index in [0.29, 0.717) is 32.7 Å². The first kappa shape index (κ1) is 21.8. The number of hydrogen-bond acceptors (Lipinski definition) is 4. The first-order valence-electron chi connectivity index (χ1n) is 10.4. The van der Waals surface area contributed by atoms with Gasteiger partial charge in [0.15, 0.2) is 6.54 Å². The molecule has 158 valence electrons. The van der Waals surface area contributed by atoms with Crippen LogP contribution in [-0.2, 0) is 20.6 Å². The van der Waals surface area contributed by atoms with Crippen molar-refractivity contribution in [3.63, 3.8) is 0 Å². The van der Waals surface area contributed by atoms with Gasteiger partial charge in [-0.2, -0.15) is 9.57 Å². The summed E-state index contributed by atoms with van der Waals surface area (Å²) in [6, 6.07) is 11.6. The summed E-state index contributed by atoms with van der Waals surface area (Å²) in [5, 5.41) is 9.69. The molecule has 8 heteroatoms. The molecular weight excluding hydrogens is 388 g/mol. The molecule has 0 unspecified atom stereocenters. The number of nitrogens with zero attached hydrogens (tertiary/aromatic N) is 3. The largest absolute Gasteiger partial charge is 0.325 e. The first-order chi connectivity index (χ1) is 13.9. The number of carbonyl (C=O) groups is 1. The topological polar surface area (TPSA) is 85.9 Å². The molecule has 1 aliphatic carbocycles. The Morgan fingerprint density at radius 3 is 2.38 bits per heavy atom. The van der Waals surface area contributed by atoms with Crippen molar-refractivity contribution in [2.45, 2.75) is 43.4 Å². The standard InChI is InChI=1S/C21H30N4O3S/c1-23(21(18-22)10-6-3-7-11-21)20(26)16-24-12-14-25(15-13-24)29(27,28)17-19-8-4-2-5-9-19/h2,4-5,8-9H,3,6-7,10-17H2,1H3/p+1. The molecule has 2 aliphatic rings. The fourth-order valence-corrected chi connectivity index (χ4v) is 5.90. The van der Waals surface area contributed by atoms with E-state index in [1.165, 1.54) is 4.31 Å². The van der Waals surface area contributed by atoms with Gasteiger partial charge in [-0.1, -0.05) is 49.6 Å². The molecule has 3 rings (SSSR count). The van der Waals surface area contributed by atoms with Crippen molar-refractivity contribution in [3.8, 4) is 6.07 Å². The third kappa shape index (κ3) is 5.16. The molecule has 0 aromatic heterocycles. The van der Waals surface area contributed by atoms with Crippen molar-refractivity contribution in [1.82, 2.24) is 9.21 Å². The minimum atomic E-state index is -3.35. The van der Waals surface area contributed by atoms with E-state index in [1.807, 2.05) is 30.3 Å². The molecule has 0 radical (unpaired) electrons. The Hall–Kier alpha value is -1.95. The van der Waals surface area contributed by atoms with Crippen LogP contribution in [0.5, 0.6) is 0 Å². The van der Waals surface area contributed by atoms with Gasteiger partial charge in [0.2, 0.25) is 10.0 Å². The number of hydrogen-bond donors (Lipinski definition) is 1. The SMILES string of the molecule is CN(C(=O)C[NH+]1CCN(S(=O)(=O)Cc2ccccc2)CC1)C1(C#N)CCCCC1. The van der Waals surface area contributed by atoms with E-state index in [-0.39, 0.29) is 11.7 Å². The Labute approximate surface area is 173 Å². The summed E-state index contributed by atoms with van der Waals surface area (Å²) in [5.41, 5.74) is 0.115. The molecule has 1 saturated heterocycles. The zero-order valence-corrected chi connectivity index (χ0v) is 18.0. The summed E-state index contributed by atoms with van der Waals surface area (Å²) in [6.45, 7) is 2.36. The lowest BCUT2D eigenvalue weighted by Gasteiger charge is -2.39. The van der Waals surface area contributed by atoms with E-state index >= 15 is 0 Å². The highest BCUT2D eigenvalue weighted by Crippen LogP contribution is 2.32. The van der Waals surface area contributed by atoms with E-state index in [4.69, 9.17) is 0 Å². The van der Waals surface area contributed by atoms with Gasteiger partial charge in [-0.05, 0) is 18.4 Å². The molecule has 1 aliphatic heterocycles. The Kier molecular flexibility index (Phi) is 6.93. The summed E-state index contributed by atoms with van der Waals surface area (Å²) in [5.74, 6) is -0.0146. The molecule has 0 spiro atoms. The molecule has 1 N–H and O–H groups in total. The lowest BCUT2D eigenvalue weighted by Crippen LogP contribution is -3.15. The lowest BCUT2D eigenvalue weighted by atomic mass is 9.81. The van der Waals surface area contributed by atoms with Crippen LogP contribution in [0, 0.1) is 11.3 Å². The van der Waals surface area contributed by atoms with Crippen LogP contribution in [0.2, 0.25) is 0 Å². The molecule has 1 aromatic rings. The number of nitrogens with one attached hydrogen (secondary N) is 1. The number of likely N-dealkylation sites (N-methyl/N-ethyl adjacent to an activating group) is 1. The Morgan fingerprint density at radius 1 is 1.17 bits per heavy atom. The predicted molar refractivity (Wildman–Crippen MR) is 110 cm³/mol. The predicted octanol–water partition coefficient (Wildman–Crippen LogP) is 0.402. The van der Waals surface area contributed by atoms with Gasteiger partial charge in [-0.25, -0.2) is 8.42 Å². The van der Waals surface area contributed by atoms with Crippen molar-refractivity contribution in [2.24, 2.45) is 0 Å². The second kappa shape index (κ2) is 9.24. The maximum Gasteiger partial charge on any atom is 0.278 e. The van der Waals surface area contributed by atoms with Gasteiger partial charge in [-0.15, -0.1) is 0 Å². The Balaban J connectivity index is 1.53. The second-order valence-electron chi connectivity index (χ2n) is 8.22. The van der Waals surface area contributed by atoms with E-state index < -0.39 is 15.6 Å². The van der Waals surface area contributed by atoms with Crippen LogP contribution in [0.4, 0.5) is 0 Å². The molecular formula is C21H31N4O3S+. The number of benzene rings is 1. The van der Waals surface area contributed by atoms with Gasteiger partial charge < -0.3 is 9.80 Å². The number of piperazine rings is 1. The van der Waals surface area contributed by atoms with Gasteiger partial charge in [0.1, 0.15) is 5.54 Å². The number of nitriles is 1. The van der Waals surface area contributed by atoms with Crippen LogP contribution in [0.25, 0.3) is 0 Å². The molecule has 0 atom stereocenters. The van der Waals surface area contributed by atoms with Crippen molar-refractivity contribution >= 4 is 15.9 Å². The zero-order valence-electron chi connectivity index (χ0n) is 17.1. The Morgan fingerprint density at radius 2 is 1.79 bits per heavy atom. The maximum atomic E-state index is 12.8. The third-order valence-electron chi connectivity index (χ3n) is 6.32. The van der Waals surface area contributed by atoms with Crippen LogP contribution >= 0.6 is 0 Å². The highest BCUT2D eigenvalue weighted by molar-refractivity contribution is 7.88. The Bertz CT molecular complexity index is 836. The van der Waals surface area contributed by atoms with Crippen LogP contribution in [0.1, 0.15) is 37.7 Å². The average Bonchev–Trinajstić information content (AvgIpc) is 2.74. The molecule has 29 heavy (non-hydrogen) atoms. The number of sulfonamides is 1. The highest BCUT2D eigenvalue weighted by Gasteiger charge is 2.40. The molecule has 1 amide bonds. The fourth-order valence-electron chi connectivity index (χ4n) is 4.36. The maximum absolute atomic E-state index is 12.8. The van der Waals surface area contributed by atoms with Gasteiger partial charge >= 0.3 is 0 Å². The van der Waals surface area contributed by atoms with Gasteiger partial charge in [0.25, 0.3) is 5.91 Å². The van der Waals surface area contributed by atoms with E-state index in [1.54, 1.807) is 11.9 Å². The summed E-state index contributed by atoms with van der Waals surface area (Å²) in [6.07, 6.45) is 4.57. The van der Waals surface area contributed by atoms with Crippen LogP contribution in [0.15, 0.2) is 30.3 Å². The average molecular weight is 420 g/mol. The van der Waals surface area contributed by atoms with Crippen molar-refractivity contribution < 1.29 is 18.1 Å². The lowest BCUT2D eigenvalue weighted by molar-refractivity contribution is -0.896. The first-order valence-corrected chi connectivity index (χ1v) is 12.0. The molecule has 1 saturated carbocycles. The van der Waals surface area contributed by atoms with Crippen LogP contribution < -0.4 is 4.90 Å².